The first-order valence-corrected chi connectivity index (χ1v) is 9.98. The zero-order valence-corrected chi connectivity index (χ0v) is 17.3. The molecule has 2 amide bonds. The zero-order chi connectivity index (χ0) is 20.8. The van der Waals surface area contributed by atoms with Gasteiger partial charge in [-0.3, -0.25) is 9.59 Å². The monoisotopic (exact) mass is 416 g/mol. The summed E-state index contributed by atoms with van der Waals surface area (Å²) in [6.45, 7) is 6.78. The number of carbonyl (C=O) groups excluding carboxylic acids is 2. The number of halogens is 1. The molecule has 29 heavy (non-hydrogen) atoms. The Hall–Kier alpha value is -2.64. The SMILES string of the molecule is CC(C)C(NC(=O)c1ccc(Cl)cc1)C(=O)Nc1ccc(N2CCOCC2)cn1. The minimum Gasteiger partial charge on any atom is -0.378 e. The summed E-state index contributed by atoms with van der Waals surface area (Å²) in [6.07, 6.45) is 1.73. The summed E-state index contributed by atoms with van der Waals surface area (Å²) in [7, 11) is 0. The van der Waals surface area contributed by atoms with E-state index in [1.54, 1.807) is 36.5 Å². The van der Waals surface area contributed by atoms with Crippen LogP contribution in [0.15, 0.2) is 42.6 Å². The standard InChI is InChI=1S/C21H25ClN4O3/c1-14(2)19(25-20(27)15-3-5-16(22)6-4-15)21(28)24-18-8-7-17(13-23-18)26-9-11-29-12-10-26/h3-8,13-14,19H,9-12H2,1-2H3,(H,25,27)(H,23,24,28). The van der Waals surface area contributed by atoms with E-state index in [-0.39, 0.29) is 17.7 Å². The van der Waals surface area contributed by atoms with Crippen molar-refractivity contribution in [3.63, 3.8) is 0 Å². The minimum atomic E-state index is -0.695. The third kappa shape index (κ3) is 5.68. The molecule has 1 unspecified atom stereocenters. The van der Waals surface area contributed by atoms with E-state index in [2.05, 4.69) is 20.5 Å². The van der Waals surface area contributed by atoms with E-state index >= 15 is 0 Å². The first-order chi connectivity index (χ1) is 13.9. The average molecular weight is 417 g/mol. The van der Waals surface area contributed by atoms with Crippen molar-refractivity contribution in [2.45, 2.75) is 19.9 Å². The number of morpholine rings is 1. The third-order valence-electron chi connectivity index (χ3n) is 4.72. The van der Waals surface area contributed by atoms with Gasteiger partial charge in [0.2, 0.25) is 5.91 Å². The number of benzene rings is 1. The zero-order valence-electron chi connectivity index (χ0n) is 16.5. The number of hydrogen-bond acceptors (Lipinski definition) is 5. The molecule has 8 heteroatoms. The van der Waals surface area contributed by atoms with Gasteiger partial charge in [-0.2, -0.15) is 0 Å². The number of ether oxygens (including phenoxy) is 1. The number of nitrogens with one attached hydrogen (secondary N) is 2. The molecule has 7 nitrogen and oxygen atoms in total. The van der Waals surface area contributed by atoms with E-state index in [0.717, 1.165) is 18.8 Å². The van der Waals surface area contributed by atoms with Gasteiger partial charge in [0.05, 0.1) is 25.1 Å². The normalized spacial score (nSPS) is 15.1. The number of nitrogens with zero attached hydrogens (tertiary/aromatic N) is 2. The smallest absolute Gasteiger partial charge is 0.251 e. The van der Waals surface area contributed by atoms with Crippen LogP contribution in [0.25, 0.3) is 0 Å². The lowest BCUT2D eigenvalue weighted by Crippen LogP contribution is -2.47. The van der Waals surface area contributed by atoms with Crippen LogP contribution >= 0.6 is 11.6 Å². The van der Waals surface area contributed by atoms with Crippen molar-refractivity contribution < 1.29 is 14.3 Å². The van der Waals surface area contributed by atoms with Gasteiger partial charge in [0.15, 0.2) is 0 Å². The Labute approximate surface area is 175 Å². The van der Waals surface area contributed by atoms with E-state index in [1.165, 1.54) is 0 Å². The predicted octanol–water partition coefficient (Wildman–Crippen LogP) is 2.96. The lowest BCUT2D eigenvalue weighted by molar-refractivity contribution is -0.118. The average Bonchev–Trinajstić information content (AvgIpc) is 2.73. The molecule has 0 bridgehead atoms. The molecule has 1 aromatic carbocycles. The summed E-state index contributed by atoms with van der Waals surface area (Å²) in [5.41, 5.74) is 1.43. The van der Waals surface area contributed by atoms with Gasteiger partial charge in [0.25, 0.3) is 5.91 Å². The van der Waals surface area contributed by atoms with E-state index < -0.39 is 6.04 Å². The topological polar surface area (TPSA) is 83.6 Å². The molecule has 0 saturated carbocycles. The van der Waals surface area contributed by atoms with E-state index in [1.807, 2.05) is 19.9 Å². The van der Waals surface area contributed by atoms with Crippen molar-refractivity contribution in [2.75, 3.05) is 36.5 Å². The summed E-state index contributed by atoms with van der Waals surface area (Å²) >= 11 is 5.86. The highest BCUT2D eigenvalue weighted by molar-refractivity contribution is 6.30. The Balaban J connectivity index is 1.63. The van der Waals surface area contributed by atoms with E-state index in [9.17, 15) is 9.59 Å². The molecule has 3 rings (SSSR count). The Morgan fingerprint density at radius 1 is 1.10 bits per heavy atom. The van der Waals surface area contributed by atoms with Crippen LogP contribution in [0.2, 0.25) is 5.02 Å². The molecule has 1 aromatic heterocycles. The first kappa shape index (κ1) is 21.1. The van der Waals surface area contributed by atoms with Crippen LogP contribution in [0.3, 0.4) is 0 Å². The number of aromatic nitrogens is 1. The number of anilines is 2. The largest absolute Gasteiger partial charge is 0.378 e. The summed E-state index contributed by atoms with van der Waals surface area (Å²) in [5.74, 6) is -0.294. The van der Waals surface area contributed by atoms with Crippen LogP contribution in [-0.2, 0) is 9.53 Å². The number of pyridine rings is 1. The van der Waals surface area contributed by atoms with Gasteiger partial charge >= 0.3 is 0 Å². The first-order valence-electron chi connectivity index (χ1n) is 9.60. The molecule has 154 valence electrons. The van der Waals surface area contributed by atoms with Crippen molar-refractivity contribution in [1.82, 2.24) is 10.3 Å². The van der Waals surface area contributed by atoms with Crippen LogP contribution in [0.1, 0.15) is 24.2 Å². The van der Waals surface area contributed by atoms with Gasteiger partial charge in [-0.1, -0.05) is 25.4 Å². The molecule has 2 N–H and O–H groups in total. The number of amides is 2. The molecule has 1 fully saturated rings. The van der Waals surface area contributed by atoms with Crippen LogP contribution in [0.4, 0.5) is 11.5 Å². The molecular weight excluding hydrogens is 392 g/mol. The number of hydrogen-bond donors (Lipinski definition) is 2. The highest BCUT2D eigenvalue weighted by Gasteiger charge is 2.25. The lowest BCUT2D eigenvalue weighted by atomic mass is 10.0. The second kappa shape index (κ2) is 9.71. The van der Waals surface area contributed by atoms with Gasteiger partial charge < -0.3 is 20.3 Å². The van der Waals surface area contributed by atoms with Gasteiger partial charge in [0, 0.05) is 23.7 Å². The fourth-order valence-electron chi connectivity index (χ4n) is 3.03. The maximum atomic E-state index is 12.7. The number of carbonyl (C=O) groups is 2. The summed E-state index contributed by atoms with van der Waals surface area (Å²) in [5, 5.41) is 6.13. The Morgan fingerprint density at radius 2 is 1.79 bits per heavy atom. The lowest BCUT2D eigenvalue weighted by Gasteiger charge is -2.28. The van der Waals surface area contributed by atoms with Gasteiger partial charge in [-0.05, 0) is 42.3 Å². The summed E-state index contributed by atoms with van der Waals surface area (Å²) in [6, 6.07) is 9.52. The predicted molar refractivity (Wildman–Crippen MR) is 113 cm³/mol. The molecule has 0 spiro atoms. The molecule has 1 aliphatic rings. The molecule has 0 aliphatic carbocycles. The van der Waals surface area contributed by atoms with Gasteiger partial charge in [-0.25, -0.2) is 4.98 Å². The minimum absolute atomic E-state index is 0.0983. The molecule has 2 aromatic rings. The highest BCUT2D eigenvalue weighted by Crippen LogP contribution is 2.17. The molecule has 2 heterocycles. The molecular formula is C21H25ClN4O3. The van der Waals surface area contributed by atoms with Crippen molar-refractivity contribution in [3.05, 3.63) is 53.2 Å². The summed E-state index contributed by atoms with van der Waals surface area (Å²) < 4.78 is 5.36. The maximum absolute atomic E-state index is 12.7. The maximum Gasteiger partial charge on any atom is 0.251 e. The Bertz CT molecular complexity index is 834. The van der Waals surface area contributed by atoms with Crippen molar-refractivity contribution in [2.24, 2.45) is 5.92 Å². The highest BCUT2D eigenvalue weighted by atomic mass is 35.5. The van der Waals surface area contributed by atoms with Crippen LogP contribution in [0, 0.1) is 5.92 Å². The van der Waals surface area contributed by atoms with Crippen LogP contribution in [-0.4, -0.2) is 49.1 Å². The molecule has 0 radical (unpaired) electrons. The second-order valence-electron chi connectivity index (χ2n) is 7.19. The molecule has 1 aliphatic heterocycles. The molecule has 1 atom stereocenters. The Morgan fingerprint density at radius 3 is 2.38 bits per heavy atom. The van der Waals surface area contributed by atoms with Gasteiger partial charge in [0.1, 0.15) is 11.9 Å². The second-order valence-corrected chi connectivity index (χ2v) is 7.63. The van der Waals surface area contributed by atoms with Crippen molar-refractivity contribution >= 4 is 34.9 Å². The van der Waals surface area contributed by atoms with E-state index in [0.29, 0.717) is 29.6 Å². The fourth-order valence-corrected chi connectivity index (χ4v) is 3.16. The van der Waals surface area contributed by atoms with Gasteiger partial charge in [-0.15, -0.1) is 0 Å². The molecule has 1 saturated heterocycles. The number of rotatable bonds is 6. The van der Waals surface area contributed by atoms with Crippen LogP contribution < -0.4 is 15.5 Å². The van der Waals surface area contributed by atoms with Crippen molar-refractivity contribution in [1.29, 1.82) is 0 Å². The fraction of sp³-hybridized carbons (Fsp3) is 0.381. The Kier molecular flexibility index (Phi) is 7.06. The van der Waals surface area contributed by atoms with Crippen LogP contribution in [0.5, 0.6) is 0 Å². The van der Waals surface area contributed by atoms with E-state index in [4.69, 9.17) is 16.3 Å². The third-order valence-corrected chi connectivity index (χ3v) is 4.97. The summed E-state index contributed by atoms with van der Waals surface area (Å²) in [4.78, 5) is 31.8. The quantitative estimate of drug-likeness (QED) is 0.756. The van der Waals surface area contributed by atoms with Crippen molar-refractivity contribution in [3.8, 4) is 0 Å².